The second kappa shape index (κ2) is 6.60. The fraction of sp³-hybridized carbons (Fsp3) is 0.167. The standard InChI is InChI=1S/C18H18ClN3S/c1-22(2)15-9-5-13(6-10-15)17-11-16(20-18(23)21-17)12-3-7-14(19)8-4-12/h3-11,17H,1-2H3,(H2,20,21,23)/t17-/m0/s1. The summed E-state index contributed by atoms with van der Waals surface area (Å²) in [4.78, 5) is 2.08. The molecule has 23 heavy (non-hydrogen) atoms. The van der Waals surface area contributed by atoms with Gasteiger partial charge in [-0.1, -0.05) is 35.9 Å². The van der Waals surface area contributed by atoms with Gasteiger partial charge in [-0.05, 0) is 53.7 Å². The van der Waals surface area contributed by atoms with E-state index in [9.17, 15) is 0 Å². The van der Waals surface area contributed by atoms with Gasteiger partial charge in [0.05, 0.1) is 6.04 Å². The number of halogens is 1. The second-order valence-electron chi connectivity index (χ2n) is 5.65. The maximum Gasteiger partial charge on any atom is 0.171 e. The summed E-state index contributed by atoms with van der Waals surface area (Å²) in [6, 6.07) is 16.2. The van der Waals surface area contributed by atoms with Gasteiger partial charge in [0.2, 0.25) is 0 Å². The van der Waals surface area contributed by atoms with Gasteiger partial charge in [0.25, 0.3) is 0 Å². The van der Waals surface area contributed by atoms with Crippen molar-refractivity contribution < 1.29 is 0 Å². The van der Waals surface area contributed by atoms with E-state index in [0.29, 0.717) is 5.11 Å². The van der Waals surface area contributed by atoms with Crippen LogP contribution in [0.15, 0.2) is 54.6 Å². The number of rotatable bonds is 3. The molecule has 0 unspecified atom stereocenters. The molecule has 0 amide bonds. The zero-order valence-electron chi connectivity index (χ0n) is 13.0. The fourth-order valence-corrected chi connectivity index (χ4v) is 2.87. The molecule has 0 radical (unpaired) electrons. The van der Waals surface area contributed by atoms with Gasteiger partial charge in [-0.3, -0.25) is 0 Å². The molecule has 1 aliphatic heterocycles. The maximum absolute atomic E-state index is 5.96. The van der Waals surface area contributed by atoms with Crippen LogP contribution in [0.1, 0.15) is 17.2 Å². The lowest BCUT2D eigenvalue weighted by molar-refractivity contribution is 0.765. The normalized spacial score (nSPS) is 17.1. The van der Waals surface area contributed by atoms with Crippen molar-refractivity contribution in [3.05, 3.63) is 70.8 Å². The highest BCUT2D eigenvalue weighted by atomic mass is 35.5. The highest BCUT2D eigenvalue weighted by molar-refractivity contribution is 7.80. The van der Waals surface area contributed by atoms with Crippen LogP contribution < -0.4 is 15.5 Å². The van der Waals surface area contributed by atoms with Gasteiger partial charge < -0.3 is 15.5 Å². The highest BCUT2D eigenvalue weighted by Gasteiger charge is 2.18. The van der Waals surface area contributed by atoms with Gasteiger partial charge >= 0.3 is 0 Å². The first-order valence-electron chi connectivity index (χ1n) is 7.35. The van der Waals surface area contributed by atoms with Gasteiger partial charge in [0.1, 0.15) is 0 Å². The average molecular weight is 344 g/mol. The van der Waals surface area contributed by atoms with Crippen molar-refractivity contribution in [3.8, 4) is 0 Å². The summed E-state index contributed by atoms with van der Waals surface area (Å²) in [7, 11) is 4.07. The van der Waals surface area contributed by atoms with Crippen molar-refractivity contribution in [2.45, 2.75) is 6.04 Å². The van der Waals surface area contributed by atoms with Crippen molar-refractivity contribution in [2.75, 3.05) is 19.0 Å². The van der Waals surface area contributed by atoms with Crippen LogP contribution in [-0.4, -0.2) is 19.2 Å². The quantitative estimate of drug-likeness (QED) is 0.825. The molecule has 118 valence electrons. The van der Waals surface area contributed by atoms with E-state index in [4.69, 9.17) is 23.8 Å². The first-order valence-corrected chi connectivity index (χ1v) is 8.14. The van der Waals surface area contributed by atoms with Crippen LogP contribution in [0.4, 0.5) is 5.69 Å². The van der Waals surface area contributed by atoms with E-state index < -0.39 is 0 Å². The molecule has 0 spiro atoms. The smallest absolute Gasteiger partial charge is 0.171 e. The van der Waals surface area contributed by atoms with Crippen molar-refractivity contribution in [1.29, 1.82) is 0 Å². The highest BCUT2D eigenvalue weighted by Crippen LogP contribution is 2.25. The van der Waals surface area contributed by atoms with E-state index in [-0.39, 0.29) is 6.04 Å². The molecule has 2 aromatic carbocycles. The molecule has 2 N–H and O–H groups in total. The molecular formula is C18H18ClN3S. The number of hydrogen-bond donors (Lipinski definition) is 2. The zero-order valence-corrected chi connectivity index (χ0v) is 14.6. The van der Waals surface area contributed by atoms with Crippen LogP contribution in [0.2, 0.25) is 5.02 Å². The van der Waals surface area contributed by atoms with Crippen molar-refractivity contribution >= 4 is 40.3 Å². The third-order valence-electron chi connectivity index (χ3n) is 3.79. The van der Waals surface area contributed by atoms with Crippen LogP contribution in [-0.2, 0) is 0 Å². The van der Waals surface area contributed by atoms with Crippen LogP contribution in [0.25, 0.3) is 5.70 Å². The Labute approximate surface area is 147 Å². The topological polar surface area (TPSA) is 27.3 Å². The molecule has 3 rings (SSSR count). The maximum atomic E-state index is 5.96. The number of hydrogen-bond acceptors (Lipinski definition) is 2. The molecule has 0 aliphatic carbocycles. The summed E-state index contributed by atoms with van der Waals surface area (Å²) in [6.45, 7) is 0. The number of nitrogens with one attached hydrogen (secondary N) is 2. The summed E-state index contributed by atoms with van der Waals surface area (Å²) >= 11 is 11.3. The lowest BCUT2D eigenvalue weighted by atomic mass is 10.0. The monoisotopic (exact) mass is 343 g/mol. The van der Waals surface area contributed by atoms with Crippen molar-refractivity contribution in [3.63, 3.8) is 0 Å². The van der Waals surface area contributed by atoms with E-state index >= 15 is 0 Å². The molecular weight excluding hydrogens is 326 g/mol. The minimum absolute atomic E-state index is 0.0469. The second-order valence-corrected chi connectivity index (χ2v) is 6.49. The summed E-state index contributed by atoms with van der Waals surface area (Å²) in [6.07, 6.45) is 2.14. The number of nitrogens with zero attached hydrogens (tertiary/aromatic N) is 1. The number of thiocarbonyl (C=S) groups is 1. The van der Waals surface area contributed by atoms with Gasteiger partial charge in [0, 0.05) is 30.5 Å². The predicted octanol–water partition coefficient (Wildman–Crippen LogP) is 3.97. The lowest BCUT2D eigenvalue weighted by Gasteiger charge is -2.26. The Morgan fingerprint density at radius 3 is 2.26 bits per heavy atom. The molecule has 5 heteroatoms. The number of anilines is 1. The first-order chi connectivity index (χ1) is 11.0. The summed E-state index contributed by atoms with van der Waals surface area (Å²) in [5.41, 5.74) is 4.40. The zero-order chi connectivity index (χ0) is 16.4. The largest absolute Gasteiger partial charge is 0.378 e. The van der Waals surface area contributed by atoms with Gasteiger partial charge in [0.15, 0.2) is 5.11 Å². The molecule has 1 heterocycles. The molecule has 0 bridgehead atoms. The van der Waals surface area contributed by atoms with E-state index in [2.05, 4.69) is 45.9 Å². The molecule has 0 fully saturated rings. The first kappa shape index (κ1) is 15.8. The molecule has 3 nitrogen and oxygen atoms in total. The Morgan fingerprint density at radius 1 is 1.00 bits per heavy atom. The molecule has 0 saturated carbocycles. The van der Waals surface area contributed by atoms with E-state index in [1.54, 1.807) is 0 Å². The molecule has 2 aromatic rings. The molecule has 1 aliphatic rings. The van der Waals surface area contributed by atoms with Gasteiger partial charge in [-0.25, -0.2) is 0 Å². The van der Waals surface area contributed by atoms with Crippen LogP contribution >= 0.6 is 23.8 Å². The Bertz CT molecular complexity index is 736. The molecule has 0 saturated heterocycles. The summed E-state index contributed by atoms with van der Waals surface area (Å²) in [5, 5.41) is 7.86. The van der Waals surface area contributed by atoms with Gasteiger partial charge in [-0.15, -0.1) is 0 Å². The Morgan fingerprint density at radius 2 is 1.65 bits per heavy atom. The van der Waals surface area contributed by atoms with Crippen LogP contribution in [0.5, 0.6) is 0 Å². The van der Waals surface area contributed by atoms with E-state index in [1.165, 1.54) is 11.3 Å². The van der Waals surface area contributed by atoms with E-state index in [1.807, 2.05) is 38.4 Å². The van der Waals surface area contributed by atoms with Gasteiger partial charge in [-0.2, -0.15) is 0 Å². The third kappa shape index (κ3) is 3.66. The predicted molar refractivity (Wildman–Crippen MR) is 102 cm³/mol. The summed E-state index contributed by atoms with van der Waals surface area (Å²) in [5.74, 6) is 0. The average Bonchev–Trinajstić information content (AvgIpc) is 2.55. The van der Waals surface area contributed by atoms with Crippen molar-refractivity contribution in [1.82, 2.24) is 10.6 Å². The minimum Gasteiger partial charge on any atom is -0.378 e. The third-order valence-corrected chi connectivity index (χ3v) is 4.26. The van der Waals surface area contributed by atoms with Crippen molar-refractivity contribution in [2.24, 2.45) is 0 Å². The summed E-state index contributed by atoms with van der Waals surface area (Å²) < 4.78 is 0. The molecule has 1 atom stereocenters. The number of benzene rings is 2. The Balaban J connectivity index is 1.90. The minimum atomic E-state index is 0.0469. The lowest BCUT2D eigenvalue weighted by Crippen LogP contribution is -2.40. The Hall–Kier alpha value is -2.04. The van der Waals surface area contributed by atoms with E-state index in [0.717, 1.165) is 16.3 Å². The fourth-order valence-electron chi connectivity index (χ4n) is 2.51. The SMILES string of the molecule is CN(C)c1ccc([C@@H]2C=C(c3ccc(Cl)cc3)NC(=S)N2)cc1. The van der Waals surface area contributed by atoms with Crippen LogP contribution in [0.3, 0.4) is 0 Å². The Kier molecular flexibility index (Phi) is 4.55. The molecule has 0 aromatic heterocycles. The van der Waals surface area contributed by atoms with Crippen LogP contribution in [0, 0.1) is 0 Å².